The zero-order valence-electron chi connectivity index (χ0n) is 20.1. The molecule has 36 heavy (non-hydrogen) atoms. The van der Waals surface area contributed by atoms with Crippen molar-refractivity contribution in [3.8, 4) is 11.3 Å². The van der Waals surface area contributed by atoms with Gasteiger partial charge in [0.2, 0.25) is 10.0 Å². The number of nitrogens with two attached hydrogens (primary N) is 1. The number of nitrogens with one attached hydrogen (secondary N) is 1. The summed E-state index contributed by atoms with van der Waals surface area (Å²) < 4.78 is 31.9. The lowest BCUT2D eigenvalue weighted by Crippen LogP contribution is -2.63. The van der Waals surface area contributed by atoms with Gasteiger partial charge in [-0.05, 0) is 92.0 Å². The number of aliphatic hydroxyl groups is 1. The first-order valence-electron chi connectivity index (χ1n) is 13.0. The van der Waals surface area contributed by atoms with Crippen LogP contribution in [-0.4, -0.2) is 34.7 Å². The molecule has 3 aromatic rings. The Balaban J connectivity index is 1.12. The van der Waals surface area contributed by atoms with Crippen LogP contribution in [0.1, 0.15) is 50.1 Å². The number of sulfonamides is 1. The number of imidazole rings is 1. The Hall–Kier alpha value is -2.68. The van der Waals surface area contributed by atoms with Crippen molar-refractivity contribution in [2.45, 2.75) is 61.1 Å². The van der Waals surface area contributed by atoms with Gasteiger partial charge in [-0.2, -0.15) is 0 Å². The molecule has 4 saturated carbocycles. The van der Waals surface area contributed by atoms with Crippen LogP contribution in [0.25, 0.3) is 11.3 Å². The second-order valence-corrected chi connectivity index (χ2v) is 13.3. The minimum Gasteiger partial charge on any atom is -0.399 e. The molecule has 4 aliphatic carbocycles. The highest BCUT2D eigenvalue weighted by Gasteiger charge is 2.58. The summed E-state index contributed by atoms with van der Waals surface area (Å²) in [5, 5.41) is 11.7. The largest absolute Gasteiger partial charge is 0.399 e. The molecule has 4 bridgehead atoms. The molecular formula is C28H32N4O3S. The standard InChI is InChI=1S/C28H32N4O3S/c29-20-5-7-21(8-6-20)36(34,35)31-28-12-17-9-18(13-28)27(19(10-17)14-28)26(33)11-24-22-3-1-2-4-23(22)25-15-30-16-32(24)25/h1-8,15-19,24,26-27,31,33H,9-14,29H2. The molecule has 4 N–H and O–H groups in total. The summed E-state index contributed by atoms with van der Waals surface area (Å²) in [6, 6.07) is 14.9. The normalized spacial score (nSPS) is 32.9. The van der Waals surface area contributed by atoms with Gasteiger partial charge in [-0.1, -0.05) is 24.3 Å². The van der Waals surface area contributed by atoms with Gasteiger partial charge >= 0.3 is 0 Å². The highest BCUT2D eigenvalue weighted by molar-refractivity contribution is 7.89. The number of rotatable bonds is 6. The fraction of sp³-hybridized carbons (Fsp3) is 0.464. The van der Waals surface area contributed by atoms with Gasteiger partial charge in [-0.25, -0.2) is 18.1 Å². The number of aromatic nitrogens is 2. The molecule has 7 nitrogen and oxygen atoms in total. The van der Waals surface area contributed by atoms with Crippen LogP contribution in [-0.2, 0) is 10.0 Å². The lowest BCUT2D eigenvalue weighted by molar-refractivity contribution is -0.106. The van der Waals surface area contributed by atoms with E-state index in [0.29, 0.717) is 29.9 Å². The van der Waals surface area contributed by atoms with Crippen molar-refractivity contribution in [2.24, 2.45) is 23.7 Å². The summed E-state index contributed by atoms with van der Waals surface area (Å²) in [5.74, 6) is 1.39. The molecule has 4 atom stereocenters. The quantitative estimate of drug-likeness (QED) is 0.440. The first-order chi connectivity index (χ1) is 17.3. The Kier molecular flexibility index (Phi) is 4.94. The van der Waals surface area contributed by atoms with E-state index in [1.54, 1.807) is 24.3 Å². The number of hydrogen-bond acceptors (Lipinski definition) is 5. The maximum absolute atomic E-state index is 13.3. The maximum Gasteiger partial charge on any atom is 0.241 e. The molecule has 2 aromatic carbocycles. The Morgan fingerprint density at radius 1 is 1.08 bits per heavy atom. The highest BCUT2D eigenvalue weighted by Crippen LogP contribution is 2.60. The molecule has 0 radical (unpaired) electrons. The SMILES string of the molecule is Nc1ccc(S(=O)(=O)NC23CC4CC(C2)C(C(O)CC2c5ccccc5-c5cncn52)C(C4)C3)cc1. The van der Waals surface area contributed by atoms with Crippen LogP contribution >= 0.6 is 0 Å². The van der Waals surface area contributed by atoms with Crippen molar-refractivity contribution in [3.05, 3.63) is 66.6 Å². The maximum atomic E-state index is 13.3. The van der Waals surface area contributed by atoms with Crippen LogP contribution < -0.4 is 10.5 Å². The molecule has 1 aliphatic heterocycles. The lowest BCUT2D eigenvalue weighted by atomic mass is 9.48. The van der Waals surface area contributed by atoms with Crippen molar-refractivity contribution < 1.29 is 13.5 Å². The number of nitrogen functional groups attached to an aromatic ring is 1. The van der Waals surface area contributed by atoms with E-state index in [0.717, 1.165) is 37.8 Å². The third-order valence-corrected chi connectivity index (χ3v) is 11.0. The summed E-state index contributed by atoms with van der Waals surface area (Å²) in [6.07, 6.45) is 8.68. The second kappa shape index (κ2) is 7.91. The molecule has 0 spiro atoms. The molecule has 5 aliphatic rings. The second-order valence-electron chi connectivity index (χ2n) is 11.6. The zero-order chi connectivity index (χ0) is 24.7. The molecule has 4 fully saturated rings. The van der Waals surface area contributed by atoms with Crippen molar-refractivity contribution in [1.29, 1.82) is 0 Å². The summed E-state index contributed by atoms with van der Waals surface area (Å²) in [4.78, 5) is 4.63. The van der Waals surface area contributed by atoms with Crippen LogP contribution in [0.3, 0.4) is 0 Å². The summed E-state index contributed by atoms with van der Waals surface area (Å²) >= 11 is 0. The lowest BCUT2D eigenvalue weighted by Gasteiger charge is -2.61. The number of anilines is 1. The molecule has 2 heterocycles. The fourth-order valence-corrected chi connectivity index (χ4v) is 9.80. The third-order valence-electron chi connectivity index (χ3n) is 9.39. The predicted molar refractivity (Wildman–Crippen MR) is 137 cm³/mol. The number of benzene rings is 2. The van der Waals surface area contributed by atoms with Crippen LogP contribution in [0.4, 0.5) is 5.69 Å². The Morgan fingerprint density at radius 2 is 1.81 bits per heavy atom. The van der Waals surface area contributed by atoms with Gasteiger partial charge in [-0.3, -0.25) is 0 Å². The minimum absolute atomic E-state index is 0.0869. The molecule has 8 heteroatoms. The monoisotopic (exact) mass is 504 g/mol. The number of aliphatic hydroxyl groups excluding tert-OH is 1. The smallest absolute Gasteiger partial charge is 0.241 e. The van der Waals surface area contributed by atoms with Gasteiger partial charge in [0.05, 0.1) is 35.3 Å². The predicted octanol–water partition coefficient (Wildman–Crippen LogP) is 3.96. The summed E-state index contributed by atoms with van der Waals surface area (Å²) in [5.41, 5.74) is 9.47. The zero-order valence-corrected chi connectivity index (χ0v) is 20.9. The molecule has 188 valence electrons. The Labute approximate surface area is 211 Å². The summed E-state index contributed by atoms with van der Waals surface area (Å²) in [7, 11) is -3.63. The summed E-state index contributed by atoms with van der Waals surface area (Å²) in [6.45, 7) is 0. The van der Waals surface area contributed by atoms with E-state index in [1.165, 1.54) is 11.1 Å². The van der Waals surface area contributed by atoms with Gasteiger partial charge in [0.25, 0.3) is 0 Å². The number of fused-ring (bicyclic) bond motifs is 3. The van der Waals surface area contributed by atoms with Crippen LogP contribution in [0.2, 0.25) is 0 Å². The van der Waals surface area contributed by atoms with Crippen molar-refractivity contribution in [1.82, 2.24) is 14.3 Å². The fourth-order valence-electron chi connectivity index (χ4n) is 8.37. The van der Waals surface area contributed by atoms with Crippen molar-refractivity contribution >= 4 is 15.7 Å². The van der Waals surface area contributed by atoms with Gasteiger partial charge < -0.3 is 15.4 Å². The van der Waals surface area contributed by atoms with E-state index in [2.05, 4.69) is 38.5 Å². The third kappa shape index (κ3) is 3.45. The first kappa shape index (κ1) is 22.5. The Morgan fingerprint density at radius 3 is 2.56 bits per heavy atom. The minimum atomic E-state index is -3.63. The number of hydrogen-bond donors (Lipinski definition) is 3. The first-order valence-corrected chi connectivity index (χ1v) is 14.5. The molecule has 0 amide bonds. The van der Waals surface area contributed by atoms with Gasteiger partial charge in [-0.15, -0.1) is 0 Å². The number of nitrogens with zero attached hydrogens (tertiary/aromatic N) is 2. The van der Waals surface area contributed by atoms with Gasteiger partial charge in [0, 0.05) is 16.8 Å². The highest BCUT2D eigenvalue weighted by atomic mass is 32.2. The van der Waals surface area contributed by atoms with E-state index in [1.807, 2.05) is 12.5 Å². The van der Waals surface area contributed by atoms with Crippen molar-refractivity contribution in [3.63, 3.8) is 0 Å². The Bertz CT molecular complexity index is 1400. The van der Waals surface area contributed by atoms with E-state index in [4.69, 9.17) is 5.73 Å². The topological polar surface area (TPSA) is 110 Å². The molecule has 0 saturated heterocycles. The average molecular weight is 505 g/mol. The van der Waals surface area contributed by atoms with Crippen LogP contribution in [0, 0.1) is 23.7 Å². The average Bonchev–Trinajstić information content (AvgIpc) is 3.41. The van der Waals surface area contributed by atoms with Crippen LogP contribution in [0.5, 0.6) is 0 Å². The van der Waals surface area contributed by atoms with Gasteiger partial charge in [0.1, 0.15) is 0 Å². The van der Waals surface area contributed by atoms with E-state index < -0.39 is 21.7 Å². The molecule has 1 aromatic heterocycles. The van der Waals surface area contributed by atoms with E-state index in [-0.39, 0.29) is 16.9 Å². The molecular weight excluding hydrogens is 472 g/mol. The van der Waals surface area contributed by atoms with E-state index in [9.17, 15) is 13.5 Å². The molecule has 8 rings (SSSR count). The van der Waals surface area contributed by atoms with E-state index >= 15 is 0 Å². The van der Waals surface area contributed by atoms with Crippen LogP contribution in [0.15, 0.2) is 66.0 Å². The molecule has 4 unspecified atom stereocenters. The van der Waals surface area contributed by atoms with Gasteiger partial charge in [0.15, 0.2) is 0 Å². The van der Waals surface area contributed by atoms with Crippen molar-refractivity contribution in [2.75, 3.05) is 5.73 Å².